The summed E-state index contributed by atoms with van der Waals surface area (Å²) in [7, 11) is 0. The molecule has 0 atom stereocenters. The van der Waals surface area contributed by atoms with Crippen LogP contribution in [0.3, 0.4) is 0 Å². The first-order valence-electron chi connectivity index (χ1n) is 8.35. The molecule has 6 heteroatoms. The van der Waals surface area contributed by atoms with Gasteiger partial charge in [-0.3, -0.25) is 4.98 Å². The van der Waals surface area contributed by atoms with E-state index in [9.17, 15) is 13.2 Å². The molecule has 4 rings (SSSR count). The number of alkyl halides is 3. The van der Waals surface area contributed by atoms with E-state index < -0.39 is 11.7 Å². The summed E-state index contributed by atoms with van der Waals surface area (Å²) in [5.74, 6) is 0.663. The zero-order valence-corrected chi connectivity index (χ0v) is 15.1. The Morgan fingerprint density at radius 2 is 1.96 bits per heavy atom. The number of hydrogen-bond acceptors (Lipinski definition) is 2. The van der Waals surface area contributed by atoms with Crippen LogP contribution < -0.4 is 4.90 Å². The first-order chi connectivity index (χ1) is 11.8. The second-order valence-corrected chi connectivity index (χ2v) is 8.21. The van der Waals surface area contributed by atoms with Crippen molar-refractivity contribution in [2.45, 2.75) is 25.4 Å². The molecule has 1 saturated heterocycles. The fourth-order valence-electron chi connectivity index (χ4n) is 4.28. The van der Waals surface area contributed by atoms with Gasteiger partial charge >= 0.3 is 6.18 Å². The maximum atomic E-state index is 12.9. The quantitative estimate of drug-likeness (QED) is 0.680. The van der Waals surface area contributed by atoms with Gasteiger partial charge in [-0.1, -0.05) is 6.07 Å². The summed E-state index contributed by atoms with van der Waals surface area (Å²) in [6.45, 7) is 1.69. The molecular weight excluding hydrogens is 393 g/mol. The highest BCUT2D eigenvalue weighted by Gasteiger charge is 2.52. The molecular formula is C19H18BrF3N2. The second kappa shape index (κ2) is 6.01. The van der Waals surface area contributed by atoms with E-state index in [0.717, 1.165) is 42.9 Å². The van der Waals surface area contributed by atoms with Crippen molar-refractivity contribution in [3.8, 4) is 0 Å². The highest BCUT2D eigenvalue weighted by Crippen LogP contribution is 2.54. The second-order valence-electron chi connectivity index (χ2n) is 7.36. The normalized spacial score (nSPS) is 19.6. The number of benzene rings is 1. The number of rotatable bonds is 3. The lowest BCUT2D eigenvalue weighted by atomic mass is 9.56. The smallest absolute Gasteiger partial charge is 0.369 e. The minimum absolute atomic E-state index is 0.292. The third kappa shape index (κ3) is 3.28. The molecule has 0 N–H and O–H groups in total. The lowest BCUT2D eigenvalue weighted by Crippen LogP contribution is -2.62. The number of halogens is 4. The Labute approximate surface area is 153 Å². The Hall–Kier alpha value is -1.56. The summed E-state index contributed by atoms with van der Waals surface area (Å²) < 4.78 is 39.5. The van der Waals surface area contributed by atoms with Gasteiger partial charge in [0.2, 0.25) is 0 Å². The molecule has 0 amide bonds. The first kappa shape index (κ1) is 16.9. The van der Waals surface area contributed by atoms with E-state index in [1.165, 1.54) is 17.7 Å². The highest BCUT2D eigenvalue weighted by molar-refractivity contribution is 9.10. The Bertz CT molecular complexity index is 762. The van der Waals surface area contributed by atoms with Gasteiger partial charge in [-0.05, 0) is 70.9 Å². The fraction of sp³-hybridized carbons (Fsp3) is 0.421. The fourth-order valence-corrected chi connectivity index (χ4v) is 4.78. The van der Waals surface area contributed by atoms with Crippen LogP contribution in [0.25, 0.3) is 0 Å². The van der Waals surface area contributed by atoms with Crippen LogP contribution in [0, 0.1) is 11.3 Å². The van der Waals surface area contributed by atoms with Crippen LogP contribution in [0.1, 0.15) is 24.0 Å². The average Bonchev–Trinajstić information content (AvgIpc) is 2.49. The molecule has 0 unspecified atom stereocenters. The monoisotopic (exact) mass is 410 g/mol. The third-order valence-corrected chi connectivity index (χ3v) is 6.03. The van der Waals surface area contributed by atoms with Crippen molar-refractivity contribution >= 4 is 21.6 Å². The van der Waals surface area contributed by atoms with Crippen molar-refractivity contribution in [3.05, 3.63) is 58.3 Å². The van der Waals surface area contributed by atoms with Gasteiger partial charge in [0.15, 0.2) is 0 Å². The predicted octanol–water partition coefficient (Wildman–Crippen LogP) is 5.32. The Balaban J connectivity index is 1.37. The average molecular weight is 411 g/mol. The largest absolute Gasteiger partial charge is 0.416 e. The number of hydrogen-bond donors (Lipinski definition) is 0. The molecule has 1 aromatic carbocycles. The van der Waals surface area contributed by atoms with Crippen LogP contribution >= 0.6 is 15.9 Å². The van der Waals surface area contributed by atoms with Gasteiger partial charge in [-0.25, -0.2) is 0 Å². The molecule has 1 aliphatic carbocycles. The minimum atomic E-state index is -4.30. The molecule has 1 spiro atoms. The molecule has 0 radical (unpaired) electrons. The molecule has 2 heterocycles. The summed E-state index contributed by atoms with van der Waals surface area (Å²) in [5, 5.41) is 0. The topological polar surface area (TPSA) is 16.1 Å². The van der Waals surface area contributed by atoms with E-state index in [2.05, 4.69) is 31.9 Å². The number of anilines is 1. The Morgan fingerprint density at radius 3 is 2.60 bits per heavy atom. The van der Waals surface area contributed by atoms with Gasteiger partial charge in [0.25, 0.3) is 0 Å². The van der Waals surface area contributed by atoms with Gasteiger partial charge in [0.1, 0.15) is 0 Å². The van der Waals surface area contributed by atoms with Crippen LogP contribution in [0.2, 0.25) is 0 Å². The summed E-state index contributed by atoms with van der Waals surface area (Å²) in [4.78, 5) is 6.21. The predicted molar refractivity (Wildman–Crippen MR) is 94.5 cm³/mol. The van der Waals surface area contributed by atoms with E-state index in [0.29, 0.717) is 17.0 Å². The van der Waals surface area contributed by atoms with Crippen molar-refractivity contribution in [3.63, 3.8) is 0 Å². The summed E-state index contributed by atoms with van der Waals surface area (Å²) >= 11 is 3.39. The van der Waals surface area contributed by atoms with Crippen molar-refractivity contribution < 1.29 is 13.2 Å². The van der Waals surface area contributed by atoms with Crippen molar-refractivity contribution in [2.75, 3.05) is 18.0 Å². The third-order valence-electron chi connectivity index (χ3n) is 5.36. The lowest BCUT2D eigenvalue weighted by molar-refractivity contribution is -0.137. The minimum Gasteiger partial charge on any atom is -0.369 e. The maximum absolute atomic E-state index is 12.9. The van der Waals surface area contributed by atoms with Crippen LogP contribution in [0.5, 0.6) is 0 Å². The first-order valence-corrected chi connectivity index (χ1v) is 9.15. The van der Waals surface area contributed by atoms with Gasteiger partial charge in [-0.15, -0.1) is 0 Å². The molecule has 0 bridgehead atoms. The van der Waals surface area contributed by atoms with Gasteiger partial charge < -0.3 is 4.90 Å². The zero-order chi connectivity index (χ0) is 17.7. The Kier molecular flexibility index (Phi) is 4.06. The molecule has 2 nitrogen and oxygen atoms in total. The van der Waals surface area contributed by atoms with E-state index in [1.807, 2.05) is 12.3 Å². The summed E-state index contributed by atoms with van der Waals surface area (Å²) in [6.07, 6.45) is 2.73. The van der Waals surface area contributed by atoms with Crippen LogP contribution in [0.4, 0.5) is 18.9 Å². The van der Waals surface area contributed by atoms with Crippen LogP contribution in [-0.4, -0.2) is 18.1 Å². The van der Waals surface area contributed by atoms with E-state index in [1.54, 1.807) is 6.20 Å². The standard InChI is InChI=1S/C19H18BrF3N2/c20-16-4-3-15(19(21,22)23)7-17(16)25-11-18(12-25)8-14(9-18)6-13-2-1-5-24-10-13/h1-5,7,10,14H,6,8-9,11-12H2. The maximum Gasteiger partial charge on any atom is 0.416 e. The number of nitrogens with zero attached hydrogens (tertiary/aromatic N) is 2. The van der Waals surface area contributed by atoms with Crippen molar-refractivity contribution in [1.82, 2.24) is 4.98 Å². The van der Waals surface area contributed by atoms with Gasteiger partial charge in [-0.2, -0.15) is 13.2 Å². The Morgan fingerprint density at radius 1 is 1.20 bits per heavy atom. The van der Waals surface area contributed by atoms with E-state index >= 15 is 0 Å². The van der Waals surface area contributed by atoms with E-state index in [4.69, 9.17) is 0 Å². The summed E-state index contributed by atoms with van der Waals surface area (Å²) in [5.41, 5.74) is 1.62. The molecule has 2 aliphatic rings. The molecule has 1 saturated carbocycles. The summed E-state index contributed by atoms with van der Waals surface area (Å²) in [6, 6.07) is 7.93. The van der Waals surface area contributed by atoms with Crippen molar-refractivity contribution in [1.29, 1.82) is 0 Å². The molecule has 2 aromatic rings. The van der Waals surface area contributed by atoms with Gasteiger partial charge in [0, 0.05) is 35.4 Å². The van der Waals surface area contributed by atoms with Crippen molar-refractivity contribution in [2.24, 2.45) is 11.3 Å². The number of aromatic nitrogens is 1. The molecule has 1 aliphatic heterocycles. The van der Waals surface area contributed by atoms with Crippen LogP contribution in [0.15, 0.2) is 47.2 Å². The molecule has 1 aromatic heterocycles. The molecule has 25 heavy (non-hydrogen) atoms. The zero-order valence-electron chi connectivity index (χ0n) is 13.6. The van der Waals surface area contributed by atoms with E-state index in [-0.39, 0.29) is 0 Å². The molecule has 132 valence electrons. The molecule has 2 fully saturated rings. The van der Waals surface area contributed by atoms with Crippen LogP contribution in [-0.2, 0) is 12.6 Å². The lowest BCUT2D eigenvalue weighted by Gasteiger charge is -2.60. The SMILES string of the molecule is FC(F)(F)c1ccc(Br)c(N2CC3(CC(Cc4cccnc4)C3)C2)c1. The number of pyridine rings is 1. The van der Waals surface area contributed by atoms with Gasteiger partial charge in [0.05, 0.1) is 11.3 Å². The highest BCUT2D eigenvalue weighted by atomic mass is 79.9.